The van der Waals surface area contributed by atoms with Crippen LogP contribution in [0.25, 0.3) is 16.6 Å². The summed E-state index contributed by atoms with van der Waals surface area (Å²) in [4.78, 5) is 10.9. The number of hydrogen-bond donors (Lipinski definition) is 0. The largest absolute Gasteiger partial charge is 0.320 e. The molecule has 3 rings (SSSR count). The molecule has 0 radical (unpaired) electrons. The third kappa shape index (κ3) is 1.72. The van der Waals surface area contributed by atoms with Crippen LogP contribution in [0.4, 0.5) is 0 Å². The maximum Gasteiger partial charge on any atom is 0.125 e. The average molecular weight is 235 g/mol. The molecule has 0 fully saturated rings. The molecule has 0 amide bonds. The summed E-state index contributed by atoms with van der Waals surface area (Å²) < 4.78 is 2.08. The SMILES string of the molecule is O=CCc1c(-c2ccccc2)cc2ccccn12. The summed E-state index contributed by atoms with van der Waals surface area (Å²) in [5, 5.41) is 0. The third-order valence-electron chi connectivity index (χ3n) is 3.15. The van der Waals surface area contributed by atoms with Gasteiger partial charge in [-0.2, -0.15) is 0 Å². The maximum atomic E-state index is 10.9. The van der Waals surface area contributed by atoms with Gasteiger partial charge in [-0.05, 0) is 23.8 Å². The van der Waals surface area contributed by atoms with E-state index in [0.29, 0.717) is 6.42 Å². The first-order valence-electron chi connectivity index (χ1n) is 5.98. The third-order valence-corrected chi connectivity index (χ3v) is 3.15. The molecule has 88 valence electrons. The molecule has 0 saturated heterocycles. The quantitative estimate of drug-likeness (QED) is 0.638. The van der Waals surface area contributed by atoms with E-state index in [0.717, 1.165) is 28.6 Å². The van der Waals surface area contributed by atoms with Crippen LogP contribution in [0.2, 0.25) is 0 Å². The lowest BCUT2D eigenvalue weighted by Gasteiger charge is -2.03. The highest BCUT2D eigenvalue weighted by Gasteiger charge is 2.10. The summed E-state index contributed by atoms with van der Waals surface area (Å²) in [5.41, 5.74) is 4.45. The number of aromatic nitrogens is 1. The van der Waals surface area contributed by atoms with E-state index < -0.39 is 0 Å². The van der Waals surface area contributed by atoms with Crippen molar-refractivity contribution in [3.05, 3.63) is 66.5 Å². The first kappa shape index (κ1) is 10.8. The average Bonchev–Trinajstić information content (AvgIpc) is 2.80. The molecule has 0 saturated carbocycles. The van der Waals surface area contributed by atoms with Crippen molar-refractivity contribution in [1.29, 1.82) is 0 Å². The van der Waals surface area contributed by atoms with Gasteiger partial charge in [0.2, 0.25) is 0 Å². The molecule has 0 aliphatic rings. The second kappa shape index (κ2) is 4.49. The zero-order valence-electron chi connectivity index (χ0n) is 9.91. The van der Waals surface area contributed by atoms with Gasteiger partial charge in [0.15, 0.2) is 0 Å². The van der Waals surface area contributed by atoms with Crippen molar-refractivity contribution in [3.8, 4) is 11.1 Å². The Morgan fingerprint density at radius 1 is 1.00 bits per heavy atom. The van der Waals surface area contributed by atoms with Crippen LogP contribution in [0.5, 0.6) is 0 Å². The van der Waals surface area contributed by atoms with Crippen molar-refractivity contribution < 1.29 is 4.79 Å². The fourth-order valence-electron chi connectivity index (χ4n) is 2.34. The number of fused-ring (bicyclic) bond motifs is 1. The fraction of sp³-hybridized carbons (Fsp3) is 0.0625. The predicted molar refractivity (Wildman–Crippen MR) is 72.6 cm³/mol. The topological polar surface area (TPSA) is 21.5 Å². The van der Waals surface area contributed by atoms with Crippen LogP contribution in [0, 0.1) is 0 Å². The zero-order valence-corrected chi connectivity index (χ0v) is 9.91. The molecule has 2 nitrogen and oxygen atoms in total. The molecule has 0 atom stereocenters. The number of pyridine rings is 1. The van der Waals surface area contributed by atoms with Crippen molar-refractivity contribution >= 4 is 11.8 Å². The summed E-state index contributed by atoms with van der Waals surface area (Å²) in [6, 6.07) is 18.4. The first-order chi connectivity index (χ1) is 8.90. The minimum absolute atomic E-state index is 0.433. The van der Waals surface area contributed by atoms with Crippen LogP contribution in [0.3, 0.4) is 0 Å². The minimum Gasteiger partial charge on any atom is -0.320 e. The summed E-state index contributed by atoms with van der Waals surface area (Å²) in [5.74, 6) is 0. The monoisotopic (exact) mass is 235 g/mol. The number of aldehydes is 1. The van der Waals surface area contributed by atoms with Crippen molar-refractivity contribution in [2.75, 3.05) is 0 Å². The standard InChI is InChI=1S/C16H13NO/c18-11-9-16-15(13-6-2-1-3-7-13)12-14-8-4-5-10-17(14)16/h1-8,10-12H,9H2. The zero-order chi connectivity index (χ0) is 12.4. The summed E-state index contributed by atoms with van der Waals surface area (Å²) in [6.45, 7) is 0. The van der Waals surface area contributed by atoms with Gasteiger partial charge in [-0.1, -0.05) is 36.4 Å². The van der Waals surface area contributed by atoms with Gasteiger partial charge in [-0.25, -0.2) is 0 Å². The number of rotatable bonds is 3. The number of hydrogen-bond acceptors (Lipinski definition) is 1. The van der Waals surface area contributed by atoms with E-state index >= 15 is 0 Å². The molecule has 0 aliphatic carbocycles. The Balaban J connectivity index is 2.28. The first-order valence-corrected chi connectivity index (χ1v) is 5.98. The highest BCUT2D eigenvalue weighted by molar-refractivity contribution is 5.76. The number of carbonyl (C=O) groups excluding carboxylic acids is 1. The van der Waals surface area contributed by atoms with Gasteiger partial charge in [0.05, 0.1) is 0 Å². The van der Waals surface area contributed by atoms with Gasteiger partial charge in [0.1, 0.15) is 6.29 Å². The molecule has 0 bridgehead atoms. The van der Waals surface area contributed by atoms with Gasteiger partial charge in [-0.15, -0.1) is 0 Å². The van der Waals surface area contributed by atoms with Crippen LogP contribution in [0.1, 0.15) is 5.69 Å². The lowest BCUT2D eigenvalue weighted by molar-refractivity contribution is -0.107. The molecule has 2 heteroatoms. The van der Waals surface area contributed by atoms with Crippen LogP contribution >= 0.6 is 0 Å². The van der Waals surface area contributed by atoms with Crippen molar-refractivity contribution in [2.24, 2.45) is 0 Å². The smallest absolute Gasteiger partial charge is 0.125 e. The predicted octanol–water partition coefficient (Wildman–Crippen LogP) is 3.35. The molecule has 1 aromatic carbocycles. The molecular formula is C16H13NO. The molecule has 2 heterocycles. The van der Waals surface area contributed by atoms with Gasteiger partial charge >= 0.3 is 0 Å². The highest BCUT2D eigenvalue weighted by Crippen LogP contribution is 2.27. The fourth-order valence-corrected chi connectivity index (χ4v) is 2.34. The van der Waals surface area contributed by atoms with E-state index in [-0.39, 0.29) is 0 Å². The van der Waals surface area contributed by atoms with Crippen LogP contribution < -0.4 is 0 Å². The van der Waals surface area contributed by atoms with Gasteiger partial charge in [0.25, 0.3) is 0 Å². The van der Waals surface area contributed by atoms with E-state index in [1.54, 1.807) is 0 Å². The van der Waals surface area contributed by atoms with E-state index in [2.05, 4.69) is 28.7 Å². The Kier molecular flexibility index (Phi) is 2.69. The minimum atomic E-state index is 0.433. The Hall–Kier alpha value is -2.35. The molecule has 0 aliphatic heterocycles. The second-order valence-corrected chi connectivity index (χ2v) is 4.24. The molecule has 3 aromatic rings. The maximum absolute atomic E-state index is 10.9. The highest BCUT2D eigenvalue weighted by atomic mass is 16.1. The Bertz CT molecular complexity index is 683. The number of nitrogens with zero attached hydrogens (tertiary/aromatic N) is 1. The van der Waals surface area contributed by atoms with E-state index in [1.807, 2.05) is 36.5 Å². The lowest BCUT2D eigenvalue weighted by Crippen LogP contribution is -1.95. The Morgan fingerprint density at radius 3 is 2.56 bits per heavy atom. The summed E-state index contributed by atoms with van der Waals surface area (Å²) in [6.07, 6.45) is 3.39. The summed E-state index contributed by atoms with van der Waals surface area (Å²) >= 11 is 0. The molecule has 18 heavy (non-hydrogen) atoms. The van der Waals surface area contributed by atoms with Crippen molar-refractivity contribution in [3.63, 3.8) is 0 Å². The molecule has 0 unspecified atom stereocenters. The van der Waals surface area contributed by atoms with Crippen LogP contribution in [-0.4, -0.2) is 10.7 Å². The molecular weight excluding hydrogens is 222 g/mol. The molecule has 0 spiro atoms. The van der Waals surface area contributed by atoms with Crippen molar-refractivity contribution in [2.45, 2.75) is 6.42 Å². The van der Waals surface area contributed by atoms with Gasteiger partial charge < -0.3 is 9.20 Å². The number of benzene rings is 1. The Labute approximate surface area is 105 Å². The molecule has 2 aromatic heterocycles. The summed E-state index contributed by atoms with van der Waals surface area (Å²) in [7, 11) is 0. The lowest BCUT2D eigenvalue weighted by atomic mass is 10.1. The normalized spacial score (nSPS) is 10.7. The van der Waals surface area contributed by atoms with Gasteiger partial charge in [0, 0.05) is 29.4 Å². The Morgan fingerprint density at radius 2 is 1.78 bits per heavy atom. The van der Waals surface area contributed by atoms with Gasteiger partial charge in [-0.3, -0.25) is 0 Å². The number of carbonyl (C=O) groups is 1. The van der Waals surface area contributed by atoms with Crippen molar-refractivity contribution in [1.82, 2.24) is 4.40 Å². The van der Waals surface area contributed by atoms with E-state index in [4.69, 9.17) is 0 Å². The van der Waals surface area contributed by atoms with E-state index in [1.165, 1.54) is 0 Å². The van der Waals surface area contributed by atoms with Crippen LogP contribution in [-0.2, 0) is 11.2 Å². The van der Waals surface area contributed by atoms with Crippen LogP contribution in [0.15, 0.2) is 60.8 Å². The molecule has 0 N–H and O–H groups in total. The second-order valence-electron chi connectivity index (χ2n) is 4.24. The van der Waals surface area contributed by atoms with E-state index in [9.17, 15) is 4.79 Å².